The standard InChI is InChI=1S/C33H38N4O6/c1-3-23-24-16-22(43-32(40)36-14-10-21(11-15-36)35-12-6-5-7-13-35)8-9-26(24)34-29-27-17-25-20(18-37(27)30(38)28(23)29)19-42-31(39)33(25,41)4-2/h8-9,16-17,21,41H,3-7,10-15,18-19H2,1-2H3/t33-/m0/s1. The lowest BCUT2D eigenvalue weighted by Crippen LogP contribution is -2.48. The van der Waals surface area contributed by atoms with E-state index in [0.29, 0.717) is 64.9 Å². The van der Waals surface area contributed by atoms with E-state index in [4.69, 9.17) is 14.5 Å². The predicted molar refractivity (Wildman–Crippen MR) is 159 cm³/mol. The third-order valence-electron chi connectivity index (χ3n) is 9.93. The predicted octanol–water partition coefficient (Wildman–Crippen LogP) is 4.05. The number of benzene rings is 1. The molecule has 10 heteroatoms. The number of likely N-dealkylation sites (tertiary alicyclic amines) is 2. The van der Waals surface area contributed by atoms with E-state index >= 15 is 0 Å². The van der Waals surface area contributed by atoms with Crippen molar-refractivity contribution in [2.24, 2.45) is 0 Å². The van der Waals surface area contributed by atoms with Crippen LogP contribution in [0, 0.1) is 0 Å². The summed E-state index contributed by atoms with van der Waals surface area (Å²) >= 11 is 0. The Kier molecular flexibility index (Phi) is 7.01. The van der Waals surface area contributed by atoms with Crippen LogP contribution in [0.4, 0.5) is 4.79 Å². The summed E-state index contributed by atoms with van der Waals surface area (Å²) in [6.07, 6.45) is 7.89. The van der Waals surface area contributed by atoms with Crippen LogP contribution in [0.25, 0.3) is 16.6 Å². The number of amides is 2. The minimum atomic E-state index is -1.75. The van der Waals surface area contributed by atoms with Gasteiger partial charge in [-0.05, 0) is 87.0 Å². The van der Waals surface area contributed by atoms with Gasteiger partial charge in [-0.25, -0.2) is 14.6 Å². The fraction of sp³-hybridized carbons (Fsp3) is 0.515. The zero-order chi connectivity index (χ0) is 29.9. The number of rotatable bonds is 4. The van der Waals surface area contributed by atoms with Gasteiger partial charge < -0.3 is 29.3 Å². The van der Waals surface area contributed by atoms with Gasteiger partial charge in [0.05, 0.1) is 23.3 Å². The number of hydrogen-bond acceptors (Lipinski definition) is 8. The molecule has 0 saturated carbocycles. The molecule has 2 fully saturated rings. The van der Waals surface area contributed by atoms with Crippen molar-refractivity contribution in [3.05, 3.63) is 52.2 Å². The monoisotopic (exact) mass is 586 g/mol. The van der Waals surface area contributed by atoms with Crippen LogP contribution < -0.4 is 4.74 Å². The van der Waals surface area contributed by atoms with Gasteiger partial charge in [0.15, 0.2) is 5.60 Å². The maximum absolute atomic E-state index is 13.8. The van der Waals surface area contributed by atoms with Crippen molar-refractivity contribution in [2.45, 2.75) is 70.4 Å². The molecular weight excluding hydrogens is 548 g/mol. The van der Waals surface area contributed by atoms with Crippen LogP contribution >= 0.6 is 0 Å². The Bertz CT molecular complexity index is 1580. The van der Waals surface area contributed by atoms with E-state index in [9.17, 15) is 19.5 Å². The number of hydrogen-bond donors (Lipinski definition) is 1. The lowest BCUT2D eigenvalue weighted by molar-refractivity contribution is -0.163. The molecular formula is C33H38N4O6. The number of cyclic esters (lactones) is 1. The van der Waals surface area contributed by atoms with Crippen molar-refractivity contribution in [1.29, 1.82) is 0 Å². The first-order chi connectivity index (χ1) is 20.8. The number of piperidine rings is 2. The highest BCUT2D eigenvalue weighted by Crippen LogP contribution is 2.44. The maximum Gasteiger partial charge on any atom is 0.415 e. The van der Waals surface area contributed by atoms with Gasteiger partial charge in [0, 0.05) is 30.1 Å². The summed E-state index contributed by atoms with van der Waals surface area (Å²) in [6.45, 7) is 7.69. The molecule has 2 amide bonds. The Morgan fingerprint density at radius 1 is 1.12 bits per heavy atom. The van der Waals surface area contributed by atoms with Gasteiger partial charge in [-0.1, -0.05) is 20.3 Å². The molecule has 1 atom stereocenters. The summed E-state index contributed by atoms with van der Waals surface area (Å²) < 4.78 is 11.1. The zero-order valence-corrected chi connectivity index (χ0v) is 24.9. The van der Waals surface area contributed by atoms with Crippen molar-refractivity contribution in [2.75, 3.05) is 39.3 Å². The highest BCUT2D eigenvalue weighted by atomic mass is 16.6. The Hall–Kier alpha value is -3.76. The number of esters is 1. The van der Waals surface area contributed by atoms with Crippen LogP contribution in [0.5, 0.6) is 5.75 Å². The molecule has 0 aliphatic carbocycles. The van der Waals surface area contributed by atoms with E-state index in [0.717, 1.165) is 36.9 Å². The lowest BCUT2D eigenvalue weighted by atomic mass is 9.83. The third-order valence-corrected chi connectivity index (χ3v) is 9.93. The highest BCUT2D eigenvalue weighted by Gasteiger charge is 2.48. The van der Waals surface area contributed by atoms with E-state index in [1.807, 2.05) is 19.1 Å². The van der Waals surface area contributed by atoms with Crippen LogP contribution in [-0.2, 0) is 16.0 Å². The van der Waals surface area contributed by atoms with E-state index in [-0.39, 0.29) is 31.6 Å². The summed E-state index contributed by atoms with van der Waals surface area (Å²) in [6, 6.07) is 5.92. The average Bonchev–Trinajstić information content (AvgIpc) is 3.31. The third kappa shape index (κ3) is 4.53. The van der Waals surface area contributed by atoms with Crippen LogP contribution in [0.15, 0.2) is 35.4 Å². The molecule has 0 bridgehead atoms. The number of ether oxygens (including phenoxy) is 2. The molecule has 0 radical (unpaired) electrons. The molecule has 6 heterocycles. The molecule has 1 N–H and O–H groups in total. The first-order valence-electron chi connectivity index (χ1n) is 15.7. The summed E-state index contributed by atoms with van der Waals surface area (Å²) in [5, 5.41) is 11.9. The van der Waals surface area contributed by atoms with Gasteiger partial charge in [0.2, 0.25) is 0 Å². The average molecular weight is 587 g/mol. The van der Waals surface area contributed by atoms with Gasteiger partial charge in [-0.2, -0.15) is 0 Å². The number of aliphatic hydroxyl groups is 1. The van der Waals surface area contributed by atoms with Gasteiger partial charge in [-0.3, -0.25) is 4.79 Å². The normalized spacial score (nSPS) is 24.5. The number of aromatic nitrogens is 1. The van der Waals surface area contributed by atoms with Crippen LogP contribution in [0.1, 0.15) is 74.0 Å². The molecule has 1 aromatic carbocycles. The van der Waals surface area contributed by atoms with E-state index in [1.54, 1.807) is 28.9 Å². The van der Waals surface area contributed by atoms with E-state index in [2.05, 4.69) is 4.90 Å². The van der Waals surface area contributed by atoms with Crippen LogP contribution in [0.2, 0.25) is 0 Å². The maximum atomic E-state index is 13.8. The van der Waals surface area contributed by atoms with Gasteiger partial charge >= 0.3 is 12.1 Å². The number of fused-ring (bicyclic) bond motifs is 4. The Balaban J connectivity index is 1.15. The molecule has 0 spiro atoms. The first kappa shape index (κ1) is 28.0. The molecule has 5 aliphatic rings. The Morgan fingerprint density at radius 2 is 1.88 bits per heavy atom. The summed E-state index contributed by atoms with van der Waals surface area (Å²) in [7, 11) is 0. The minimum absolute atomic E-state index is 0.0427. The summed E-state index contributed by atoms with van der Waals surface area (Å²) in [5.41, 5.74) is 2.62. The van der Waals surface area contributed by atoms with Crippen molar-refractivity contribution in [3.63, 3.8) is 0 Å². The second-order valence-corrected chi connectivity index (χ2v) is 12.3. The highest BCUT2D eigenvalue weighted by molar-refractivity contribution is 6.13. The van der Waals surface area contributed by atoms with E-state index in [1.165, 1.54) is 19.3 Å². The SMILES string of the molecule is CCc1c2c(nc3ccc(OC(=O)N4CCC(N5CCCCC5)CC4)cc13)C1=CC3=C(COC(=O)[C@]3(O)CC)CN1C2=O. The summed E-state index contributed by atoms with van der Waals surface area (Å²) in [4.78, 5) is 50.3. The number of aryl methyl sites for hydroxylation is 1. The zero-order valence-electron chi connectivity index (χ0n) is 24.9. The molecule has 10 nitrogen and oxygen atoms in total. The number of carbonyl (C=O) groups excluding carboxylic acids is 3. The molecule has 1 aromatic heterocycles. The molecule has 0 unspecified atom stereocenters. The number of carbonyl (C=O) groups is 3. The molecule has 226 valence electrons. The molecule has 5 aliphatic heterocycles. The van der Waals surface area contributed by atoms with Crippen LogP contribution in [-0.4, -0.2) is 93.7 Å². The van der Waals surface area contributed by atoms with Gasteiger partial charge in [0.25, 0.3) is 5.91 Å². The molecule has 2 saturated heterocycles. The van der Waals surface area contributed by atoms with Gasteiger partial charge in [-0.15, -0.1) is 0 Å². The largest absolute Gasteiger partial charge is 0.459 e. The second-order valence-electron chi connectivity index (χ2n) is 12.3. The van der Waals surface area contributed by atoms with Gasteiger partial charge in [0.1, 0.15) is 18.1 Å². The second kappa shape index (κ2) is 10.7. The number of pyridine rings is 1. The van der Waals surface area contributed by atoms with Crippen LogP contribution in [0.3, 0.4) is 0 Å². The fourth-order valence-electron chi connectivity index (χ4n) is 7.46. The topological polar surface area (TPSA) is 113 Å². The summed E-state index contributed by atoms with van der Waals surface area (Å²) in [5.74, 6) is -0.414. The lowest BCUT2D eigenvalue weighted by Gasteiger charge is -2.39. The minimum Gasteiger partial charge on any atom is -0.459 e. The van der Waals surface area contributed by atoms with Crippen molar-refractivity contribution >= 4 is 34.6 Å². The molecule has 2 aromatic rings. The molecule has 43 heavy (non-hydrogen) atoms. The Labute approximate surface area is 250 Å². The van der Waals surface area contributed by atoms with E-state index < -0.39 is 11.6 Å². The van der Waals surface area contributed by atoms with Crippen molar-refractivity contribution in [1.82, 2.24) is 19.7 Å². The smallest absolute Gasteiger partial charge is 0.415 e. The first-order valence-corrected chi connectivity index (χ1v) is 15.7. The fourth-order valence-corrected chi connectivity index (χ4v) is 7.46. The van der Waals surface area contributed by atoms with Crippen molar-refractivity contribution in [3.8, 4) is 5.75 Å². The Morgan fingerprint density at radius 3 is 2.60 bits per heavy atom. The van der Waals surface area contributed by atoms with Crippen molar-refractivity contribution < 1.29 is 29.0 Å². The molecule has 7 rings (SSSR count). The quantitative estimate of drug-likeness (QED) is 0.534. The number of nitrogens with zero attached hydrogens (tertiary/aromatic N) is 4.